The number of amides is 1. The maximum absolute atomic E-state index is 12.1. The summed E-state index contributed by atoms with van der Waals surface area (Å²) in [4.78, 5) is 20.3. The normalized spacial score (nSPS) is 11.9. The zero-order valence-electron chi connectivity index (χ0n) is 11.6. The average molecular weight is 274 g/mol. The smallest absolute Gasteiger partial charge is 0.272 e. The zero-order valence-corrected chi connectivity index (χ0v) is 11.6. The first-order chi connectivity index (χ1) is 9.70. The molecule has 0 aromatic carbocycles. The summed E-state index contributed by atoms with van der Waals surface area (Å²) in [5, 5.41) is 5.92. The van der Waals surface area contributed by atoms with Crippen LogP contribution in [0.1, 0.15) is 42.6 Å². The highest BCUT2D eigenvalue weighted by Gasteiger charge is 2.15. The van der Waals surface area contributed by atoms with Crippen molar-refractivity contribution < 1.29 is 9.21 Å². The molecule has 0 spiro atoms. The molecule has 0 saturated heterocycles. The van der Waals surface area contributed by atoms with Gasteiger partial charge in [-0.3, -0.25) is 9.78 Å². The van der Waals surface area contributed by atoms with Crippen LogP contribution in [0, 0.1) is 0 Å². The quantitative estimate of drug-likeness (QED) is 0.845. The molecule has 0 radical (unpaired) electrons. The molecule has 0 bridgehead atoms. The van der Waals surface area contributed by atoms with Crippen molar-refractivity contribution in [3.8, 4) is 0 Å². The molecule has 2 N–H and O–H groups in total. The van der Waals surface area contributed by atoms with Gasteiger partial charge in [-0.25, -0.2) is 4.98 Å². The fourth-order valence-electron chi connectivity index (χ4n) is 1.69. The lowest BCUT2D eigenvalue weighted by Gasteiger charge is -2.11. The van der Waals surface area contributed by atoms with Crippen molar-refractivity contribution in [2.45, 2.75) is 26.3 Å². The van der Waals surface area contributed by atoms with E-state index < -0.39 is 0 Å². The molecule has 0 aliphatic carbocycles. The Morgan fingerprint density at radius 1 is 1.45 bits per heavy atom. The summed E-state index contributed by atoms with van der Waals surface area (Å²) < 4.78 is 5.25. The van der Waals surface area contributed by atoms with Crippen molar-refractivity contribution >= 4 is 11.7 Å². The van der Waals surface area contributed by atoms with Crippen molar-refractivity contribution in [1.29, 1.82) is 0 Å². The third-order valence-corrected chi connectivity index (χ3v) is 2.74. The van der Waals surface area contributed by atoms with Crippen molar-refractivity contribution in [1.82, 2.24) is 15.3 Å². The molecule has 0 aliphatic rings. The molecule has 2 aromatic heterocycles. The van der Waals surface area contributed by atoms with E-state index in [4.69, 9.17) is 4.42 Å². The number of hydrogen-bond donors (Lipinski definition) is 2. The fraction of sp³-hybridized carbons (Fsp3) is 0.357. The predicted octanol–water partition coefficient (Wildman–Crippen LogP) is 2.38. The highest BCUT2D eigenvalue weighted by molar-refractivity contribution is 5.92. The third-order valence-electron chi connectivity index (χ3n) is 2.74. The van der Waals surface area contributed by atoms with Crippen LogP contribution in [0.4, 0.5) is 5.82 Å². The van der Waals surface area contributed by atoms with Gasteiger partial charge in [0.05, 0.1) is 24.7 Å². The molecule has 0 fully saturated rings. The minimum atomic E-state index is -0.276. The summed E-state index contributed by atoms with van der Waals surface area (Å²) >= 11 is 0. The molecule has 106 valence electrons. The van der Waals surface area contributed by atoms with Crippen LogP contribution in [-0.2, 0) is 0 Å². The predicted molar refractivity (Wildman–Crippen MR) is 75.4 cm³/mol. The molecule has 2 heterocycles. The van der Waals surface area contributed by atoms with Crippen molar-refractivity contribution in [3.63, 3.8) is 0 Å². The number of aromatic nitrogens is 2. The first-order valence-corrected chi connectivity index (χ1v) is 6.61. The monoisotopic (exact) mass is 274 g/mol. The molecule has 6 nitrogen and oxygen atoms in total. The van der Waals surface area contributed by atoms with Crippen molar-refractivity contribution in [3.05, 3.63) is 42.2 Å². The maximum Gasteiger partial charge on any atom is 0.272 e. The Kier molecular flexibility index (Phi) is 4.70. The average Bonchev–Trinajstić information content (AvgIpc) is 2.99. The van der Waals surface area contributed by atoms with Gasteiger partial charge >= 0.3 is 0 Å². The summed E-state index contributed by atoms with van der Waals surface area (Å²) in [6, 6.07) is 3.38. The highest BCUT2D eigenvalue weighted by atomic mass is 16.3. The molecule has 2 aromatic rings. The van der Waals surface area contributed by atoms with Crippen molar-refractivity contribution in [2.75, 3.05) is 11.9 Å². The summed E-state index contributed by atoms with van der Waals surface area (Å²) in [6.07, 6.45) is 5.60. The van der Waals surface area contributed by atoms with Crippen LogP contribution >= 0.6 is 0 Å². The van der Waals surface area contributed by atoms with E-state index in [1.165, 1.54) is 6.20 Å². The standard InChI is InChI=1S/C14H18N4O2/c1-3-6-16-13-9-15-8-11(18-13)14(19)17-10(2)12-5-4-7-20-12/h4-5,7-10H,3,6H2,1-2H3,(H,16,18)(H,17,19). The van der Waals surface area contributed by atoms with Crippen LogP contribution < -0.4 is 10.6 Å². The summed E-state index contributed by atoms with van der Waals surface area (Å²) in [5.74, 6) is 1.03. The lowest BCUT2D eigenvalue weighted by molar-refractivity contribution is 0.0930. The molecule has 1 atom stereocenters. The molecule has 6 heteroatoms. The van der Waals surface area contributed by atoms with Crippen LogP contribution in [-0.4, -0.2) is 22.4 Å². The second-order valence-corrected chi connectivity index (χ2v) is 4.43. The molecule has 2 rings (SSSR count). The van der Waals surface area contributed by atoms with E-state index in [0.29, 0.717) is 11.6 Å². The van der Waals surface area contributed by atoms with Gasteiger partial charge in [0, 0.05) is 6.54 Å². The Morgan fingerprint density at radius 2 is 2.30 bits per heavy atom. The van der Waals surface area contributed by atoms with Gasteiger partial charge in [0.25, 0.3) is 5.91 Å². The number of carbonyl (C=O) groups excluding carboxylic acids is 1. The lowest BCUT2D eigenvalue weighted by Crippen LogP contribution is -2.27. The third kappa shape index (κ3) is 3.57. The Balaban J connectivity index is 2.01. The van der Waals surface area contributed by atoms with Crippen molar-refractivity contribution in [2.24, 2.45) is 0 Å². The molecule has 0 saturated carbocycles. The molecule has 20 heavy (non-hydrogen) atoms. The summed E-state index contributed by atoms with van der Waals surface area (Å²) in [7, 11) is 0. The van der Waals surface area contributed by atoms with Gasteiger partial charge in [-0.05, 0) is 25.5 Å². The summed E-state index contributed by atoms with van der Waals surface area (Å²) in [6.45, 7) is 4.70. The number of hydrogen-bond acceptors (Lipinski definition) is 5. The van der Waals surface area contributed by atoms with E-state index in [-0.39, 0.29) is 17.6 Å². The fourth-order valence-corrected chi connectivity index (χ4v) is 1.69. The van der Waals surface area contributed by atoms with Gasteiger partial charge in [0.2, 0.25) is 0 Å². The molecular weight excluding hydrogens is 256 g/mol. The molecule has 1 amide bonds. The highest BCUT2D eigenvalue weighted by Crippen LogP contribution is 2.13. The second-order valence-electron chi connectivity index (χ2n) is 4.43. The van der Waals surface area contributed by atoms with Gasteiger partial charge in [0.15, 0.2) is 0 Å². The van der Waals surface area contributed by atoms with Gasteiger partial charge in [0.1, 0.15) is 17.3 Å². The van der Waals surface area contributed by atoms with Crippen LogP contribution in [0.25, 0.3) is 0 Å². The lowest BCUT2D eigenvalue weighted by atomic mass is 10.2. The Hall–Kier alpha value is -2.37. The molecule has 0 aliphatic heterocycles. The number of nitrogens with one attached hydrogen (secondary N) is 2. The van der Waals surface area contributed by atoms with E-state index in [1.54, 1.807) is 18.5 Å². The number of furan rings is 1. The van der Waals surface area contributed by atoms with E-state index in [0.717, 1.165) is 13.0 Å². The van der Waals surface area contributed by atoms with E-state index in [2.05, 4.69) is 27.5 Å². The number of rotatable bonds is 6. The van der Waals surface area contributed by atoms with Crippen LogP contribution in [0.2, 0.25) is 0 Å². The first-order valence-electron chi connectivity index (χ1n) is 6.61. The first kappa shape index (κ1) is 14.0. The van der Waals surface area contributed by atoms with Gasteiger partial charge in [-0.2, -0.15) is 0 Å². The van der Waals surface area contributed by atoms with E-state index >= 15 is 0 Å². The zero-order chi connectivity index (χ0) is 14.4. The summed E-state index contributed by atoms with van der Waals surface area (Å²) in [5.41, 5.74) is 0.282. The topological polar surface area (TPSA) is 80.0 Å². The molecular formula is C14H18N4O2. The number of carbonyl (C=O) groups is 1. The van der Waals surface area contributed by atoms with Gasteiger partial charge in [-0.15, -0.1) is 0 Å². The maximum atomic E-state index is 12.1. The SMILES string of the molecule is CCCNc1cncc(C(=O)NC(C)c2ccco2)n1. The number of nitrogens with zero attached hydrogens (tertiary/aromatic N) is 2. The van der Waals surface area contributed by atoms with E-state index in [9.17, 15) is 4.79 Å². The second kappa shape index (κ2) is 6.70. The van der Waals surface area contributed by atoms with Crippen LogP contribution in [0.15, 0.2) is 35.2 Å². The van der Waals surface area contributed by atoms with Crippen LogP contribution in [0.3, 0.4) is 0 Å². The Labute approximate surface area is 117 Å². The minimum absolute atomic E-state index is 0.216. The minimum Gasteiger partial charge on any atom is -0.467 e. The van der Waals surface area contributed by atoms with E-state index in [1.807, 2.05) is 13.0 Å². The largest absolute Gasteiger partial charge is 0.467 e. The van der Waals surface area contributed by atoms with Crippen LogP contribution in [0.5, 0.6) is 0 Å². The van der Waals surface area contributed by atoms with Gasteiger partial charge in [-0.1, -0.05) is 6.92 Å². The van der Waals surface area contributed by atoms with Gasteiger partial charge < -0.3 is 15.1 Å². The number of anilines is 1. The molecule has 1 unspecified atom stereocenters. The Morgan fingerprint density at radius 3 is 3.00 bits per heavy atom. The Bertz CT molecular complexity index is 554.